The van der Waals surface area contributed by atoms with Gasteiger partial charge in [-0.2, -0.15) is 0 Å². The molecule has 0 aromatic carbocycles. The summed E-state index contributed by atoms with van der Waals surface area (Å²) in [6.45, 7) is 7.04. The largest absolute Gasteiger partial charge is 0.341 e. The van der Waals surface area contributed by atoms with Crippen LogP contribution in [-0.2, 0) is 4.79 Å². The van der Waals surface area contributed by atoms with Crippen LogP contribution in [0.15, 0.2) is 0 Å². The average molecular weight is 236 g/mol. The second-order valence-electron chi connectivity index (χ2n) is 4.88. The number of carbonyl (C=O) groups excluding carboxylic acids is 1. The number of carbonyl (C=O) groups is 1. The molecule has 0 spiro atoms. The molecule has 0 saturated carbocycles. The zero-order valence-electron chi connectivity index (χ0n) is 9.69. The van der Waals surface area contributed by atoms with E-state index in [4.69, 9.17) is 11.5 Å². The molecule has 1 heterocycles. The van der Waals surface area contributed by atoms with E-state index in [9.17, 15) is 4.79 Å². The molecule has 1 aliphatic rings. The first kappa shape index (κ1) is 14.7. The molecule has 2 atom stereocenters. The van der Waals surface area contributed by atoms with Crippen LogP contribution in [0, 0.1) is 5.92 Å². The molecule has 0 radical (unpaired) electrons. The van der Waals surface area contributed by atoms with Gasteiger partial charge in [-0.25, -0.2) is 0 Å². The van der Waals surface area contributed by atoms with Gasteiger partial charge in [0.25, 0.3) is 0 Å². The minimum absolute atomic E-state index is 0. The molecule has 0 aromatic heterocycles. The van der Waals surface area contributed by atoms with Gasteiger partial charge < -0.3 is 16.4 Å². The van der Waals surface area contributed by atoms with E-state index in [1.54, 1.807) is 13.8 Å². The standard InChI is InChI=1S/C10H21N3O.ClH/c1-7(11)8-4-5-13(6-8)9(14)10(2,3)12;/h7-8H,4-6,11-12H2,1-3H3;1H. The van der Waals surface area contributed by atoms with E-state index in [0.717, 1.165) is 19.5 Å². The lowest BCUT2D eigenvalue weighted by atomic mass is 10.0. The molecule has 1 amide bonds. The molecular weight excluding hydrogens is 214 g/mol. The maximum absolute atomic E-state index is 11.8. The summed E-state index contributed by atoms with van der Waals surface area (Å²) < 4.78 is 0. The van der Waals surface area contributed by atoms with Crippen molar-refractivity contribution in [3.05, 3.63) is 0 Å². The Hall–Kier alpha value is -0.320. The number of hydrogen-bond donors (Lipinski definition) is 2. The fourth-order valence-electron chi connectivity index (χ4n) is 1.81. The van der Waals surface area contributed by atoms with Crippen molar-refractivity contribution in [2.24, 2.45) is 17.4 Å². The molecule has 90 valence electrons. The fraction of sp³-hybridized carbons (Fsp3) is 0.900. The Balaban J connectivity index is 0.00000196. The quantitative estimate of drug-likeness (QED) is 0.725. The van der Waals surface area contributed by atoms with Crippen molar-refractivity contribution in [2.75, 3.05) is 13.1 Å². The number of likely N-dealkylation sites (tertiary alicyclic amines) is 1. The predicted molar refractivity (Wildman–Crippen MR) is 63.9 cm³/mol. The summed E-state index contributed by atoms with van der Waals surface area (Å²) in [6, 6.07) is 0.161. The van der Waals surface area contributed by atoms with Crippen molar-refractivity contribution < 1.29 is 4.79 Å². The van der Waals surface area contributed by atoms with Crippen LogP contribution >= 0.6 is 12.4 Å². The van der Waals surface area contributed by atoms with Crippen LogP contribution in [0.1, 0.15) is 27.2 Å². The Morgan fingerprint density at radius 1 is 1.53 bits per heavy atom. The van der Waals surface area contributed by atoms with Crippen molar-refractivity contribution in [1.29, 1.82) is 0 Å². The van der Waals surface area contributed by atoms with E-state index < -0.39 is 5.54 Å². The van der Waals surface area contributed by atoms with Gasteiger partial charge in [0.05, 0.1) is 5.54 Å². The SMILES string of the molecule is CC(N)C1CCN(C(=O)C(C)(C)N)C1.Cl. The monoisotopic (exact) mass is 235 g/mol. The minimum Gasteiger partial charge on any atom is -0.341 e. The van der Waals surface area contributed by atoms with Gasteiger partial charge in [0.15, 0.2) is 0 Å². The van der Waals surface area contributed by atoms with Crippen molar-refractivity contribution in [3.8, 4) is 0 Å². The van der Waals surface area contributed by atoms with Crippen LogP contribution in [0.3, 0.4) is 0 Å². The number of amides is 1. The lowest BCUT2D eigenvalue weighted by Gasteiger charge is -2.26. The third-order valence-electron chi connectivity index (χ3n) is 2.81. The van der Waals surface area contributed by atoms with Gasteiger partial charge in [0, 0.05) is 19.1 Å². The average Bonchev–Trinajstić information content (AvgIpc) is 2.48. The molecule has 1 aliphatic heterocycles. The third kappa shape index (κ3) is 3.63. The summed E-state index contributed by atoms with van der Waals surface area (Å²) in [5.74, 6) is 0.460. The van der Waals surface area contributed by atoms with E-state index in [0.29, 0.717) is 5.92 Å². The number of halogens is 1. The Kier molecular flexibility index (Phi) is 5.03. The van der Waals surface area contributed by atoms with Crippen molar-refractivity contribution >= 4 is 18.3 Å². The minimum atomic E-state index is -0.757. The topological polar surface area (TPSA) is 72.3 Å². The number of hydrogen-bond acceptors (Lipinski definition) is 3. The van der Waals surface area contributed by atoms with Gasteiger partial charge >= 0.3 is 0 Å². The molecule has 15 heavy (non-hydrogen) atoms. The van der Waals surface area contributed by atoms with Crippen LogP contribution < -0.4 is 11.5 Å². The molecule has 4 nitrogen and oxygen atoms in total. The number of nitrogens with zero attached hydrogens (tertiary/aromatic N) is 1. The zero-order chi connectivity index (χ0) is 10.9. The smallest absolute Gasteiger partial charge is 0.242 e. The molecule has 0 aromatic rings. The summed E-state index contributed by atoms with van der Waals surface area (Å²) in [6.07, 6.45) is 0.999. The summed E-state index contributed by atoms with van der Waals surface area (Å²) in [7, 11) is 0. The summed E-state index contributed by atoms with van der Waals surface area (Å²) in [4.78, 5) is 13.6. The molecular formula is C10H22ClN3O. The van der Waals surface area contributed by atoms with Crippen molar-refractivity contribution in [1.82, 2.24) is 4.90 Å². The molecule has 4 N–H and O–H groups in total. The maximum Gasteiger partial charge on any atom is 0.242 e. The lowest BCUT2D eigenvalue weighted by molar-refractivity contribution is -0.134. The molecule has 0 bridgehead atoms. The van der Waals surface area contributed by atoms with Crippen LogP contribution in [0.5, 0.6) is 0 Å². The normalized spacial score (nSPS) is 23.5. The number of rotatable bonds is 2. The highest BCUT2D eigenvalue weighted by molar-refractivity contribution is 5.85. The van der Waals surface area contributed by atoms with Crippen LogP contribution in [0.25, 0.3) is 0 Å². The second kappa shape index (κ2) is 5.14. The maximum atomic E-state index is 11.8. The predicted octanol–water partition coefficient (Wildman–Crippen LogP) is 0.341. The molecule has 1 rings (SSSR count). The van der Waals surface area contributed by atoms with Crippen molar-refractivity contribution in [3.63, 3.8) is 0 Å². The van der Waals surface area contributed by atoms with Gasteiger partial charge in [0.2, 0.25) is 5.91 Å². The Morgan fingerprint density at radius 3 is 2.40 bits per heavy atom. The summed E-state index contributed by atoms with van der Waals surface area (Å²) in [5, 5.41) is 0. The molecule has 1 saturated heterocycles. The van der Waals surface area contributed by atoms with Gasteiger partial charge in [-0.05, 0) is 33.1 Å². The van der Waals surface area contributed by atoms with E-state index in [1.165, 1.54) is 0 Å². The molecule has 5 heteroatoms. The molecule has 1 fully saturated rings. The second-order valence-corrected chi connectivity index (χ2v) is 4.88. The van der Waals surface area contributed by atoms with E-state index in [2.05, 4.69) is 0 Å². The van der Waals surface area contributed by atoms with E-state index in [-0.39, 0.29) is 24.4 Å². The lowest BCUT2D eigenvalue weighted by Crippen LogP contribution is -2.50. The van der Waals surface area contributed by atoms with Gasteiger partial charge in [-0.1, -0.05) is 0 Å². The van der Waals surface area contributed by atoms with Crippen LogP contribution in [-0.4, -0.2) is 35.5 Å². The van der Waals surface area contributed by atoms with Crippen LogP contribution in [0.4, 0.5) is 0 Å². The van der Waals surface area contributed by atoms with Crippen LogP contribution in [0.2, 0.25) is 0 Å². The third-order valence-corrected chi connectivity index (χ3v) is 2.81. The Morgan fingerprint density at radius 2 is 2.07 bits per heavy atom. The van der Waals surface area contributed by atoms with Crippen molar-refractivity contribution in [2.45, 2.75) is 38.8 Å². The molecule has 0 aliphatic carbocycles. The highest BCUT2D eigenvalue weighted by Gasteiger charge is 2.34. The first-order chi connectivity index (χ1) is 6.32. The highest BCUT2D eigenvalue weighted by atomic mass is 35.5. The Labute approximate surface area is 97.8 Å². The zero-order valence-corrected chi connectivity index (χ0v) is 10.5. The first-order valence-corrected chi connectivity index (χ1v) is 5.16. The first-order valence-electron chi connectivity index (χ1n) is 5.16. The highest BCUT2D eigenvalue weighted by Crippen LogP contribution is 2.20. The molecule has 2 unspecified atom stereocenters. The number of nitrogens with two attached hydrogens (primary N) is 2. The van der Waals surface area contributed by atoms with E-state index in [1.807, 2.05) is 11.8 Å². The van der Waals surface area contributed by atoms with Gasteiger partial charge in [0.1, 0.15) is 0 Å². The van der Waals surface area contributed by atoms with Gasteiger partial charge in [-0.15, -0.1) is 12.4 Å². The Bertz CT molecular complexity index is 225. The summed E-state index contributed by atoms with van der Waals surface area (Å²) >= 11 is 0. The summed E-state index contributed by atoms with van der Waals surface area (Å²) in [5.41, 5.74) is 10.8. The fourth-order valence-corrected chi connectivity index (χ4v) is 1.81. The van der Waals surface area contributed by atoms with E-state index >= 15 is 0 Å². The van der Waals surface area contributed by atoms with Gasteiger partial charge in [-0.3, -0.25) is 4.79 Å².